The van der Waals surface area contributed by atoms with Gasteiger partial charge >= 0.3 is 6.03 Å². The summed E-state index contributed by atoms with van der Waals surface area (Å²) in [6.07, 6.45) is 2.80. The highest BCUT2D eigenvalue weighted by atomic mass is 32.2. The predicted octanol–water partition coefficient (Wildman–Crippen LogP) is 0.518. The van der Waals surface area contributed by atoms with E-state index in [0.717, 1.165) is 23.9 Å². The number of hydrogen-bond donors (Lipinski definition) is 2. The first-order valence-corrected chi connectivity index (χ1v) is 8.59. The van der Waals surface area contributed by atoms with Crippen molar-refractivity contribution in [2.24, 2.45) is 0 Å². The summed E-state index contributed by atoms with van der Waals surface area (Å²) in [6.45, 7) is 6.32. The molecule has 0 unspecified atom stereocenters. The zero-order valence-corrected chi connectivity index (χ0v) is 13.8. The summed E-state index contributed by atoms with van der Waals surface area (Å²) in [4.78, 5) is 17.4. The average Bonchev–Trinajstić information content (AvgIpc) is 2.83. The molecule has 0 aliphatic heterocycles. The number of sulfonamides is 1. The van der Waals surface area contributed by atoms with Crippen molar-refractivity contribution in [3.05, 3.63) is 6.20 Å². The Morgan fingerprint density at radius 2 is 2.05 bits per heavy atom. The fourth-order valence-corrected chi connectivity index (χ4v) is 2.52. The lowest BCUT2D eigenvalue weighted by molar-refractivity contribution is 0.0890. The van der Waals surface area contributed by atoms with E-state index in [0.29, 0.717) is 13.2 Å². The SMILES string of the molecule is CCCCNC(=O)NS(=O)(=O)c1cn(OCC)nc1OCC. The number of ether oxygens (including phenoxy) is 1. The van der Waals surface area contributed by atoms with Gasteiger partial charge < -0.3 is 14.9 Å². The van der Waals surface area contributed by atoms with E-state index in [-0.39, 0.29) is 17.4 Å². The zero-order valence-electron chi connectivity index (χ0n) is 13.0. The molecule has 2 amide bonds. The lowest BCUT2D eigenvalue weighted by Crippen LogP contribution is -2.39. The Morgan fingerprint density at radius 3 is 2.64 bits per heavy atom. The summed E-state index contributed by atoms with van der Waals surface area (Å²) < 4.78 is 31.5. The highest BCUT2D eigenvalue weighted by Crippen LogP contribution is 2.21. The summed E-state index contributed by atoms with van der Waals surface area (Å²) in [5.74, 6) is -0.121. The Kier molecular flexibility index (Phi) is 6.96. The second-order valence-corrected chi connectivity index (χ2v) is 5.92. The van der Waals surface area contributed by atoms with Crippen molar-refractivity contribution in [3.63, 3.8) is 0 Å². The smallest absolute Gasteiger partial charge is 0.328 e. The van der Waals surface area contributed by atoms with Gasteiger partial charge in [0.15, 0.2) is 4.90 Å². The van der Waals surface area contributed by atoms with Crippen LogP contribution in [0.4, 0.5) is 4.79 Å². The van der Waals surface area contributed by atoms with Gasteiger partial charge in [-0.3, -0.25) is 0 Å². The van der Waals surface area contributed by atoms with Crippen LogP contribution >= 0.6 is 0 Å². The first kappa shape index (κ1) is 18.1. The number of hydrogen-bond acceptors (Lipinski definition) is 6. The van der Waals surface area contributed by atoms with Crippen LogP contribution in [0.25, 0.3) is 0 Å². The van der Waals surface area contributed by atoms with E-state index >= 15 is 0 Å². The van der Waals surface area contributed by atoms with Gasteiger partial charge in [0.25, 0.3) is 15.9 Å². The second-order valence-electron chi connectivity index (χ2n) is 4.27. The summed E-state index contributed by atoms with van der Waals surface area (Å²) in [5, 5.41) is 6.32. The molecule has 0 fully saturated rings. The molecule has 126 valence electrons. The van der Waals surface area contributed by atoms with E-state index in [4.69, 9.17) is 9.57 Å². The number of carbonyl (C=O) groups excluding carboxylic acids is 1. The summed E-state index contributed by atoms with van der Waals surface area (Å²) in [5.41, 5.74) is 0. The minimum absolute atomic E-state index is 0.121. The number of carbonyl (C=O) groups is 1. The van der Waals surface area contributed by atoms with E-state index < -0.39 is 16.1 Å². The van der Waals surface area contributed by atoms with Gasteiger partial charge in [0.2, 0.25) is 0 Å². The maximum atomic E-state index is 12.2. The molecule has 1 aromatic rings. The number of urea groups is 1. The van der Waals surface area contributed by atoms with Gasteiger partial charge in [-0.25, -0.2) is 17.9 Å². The summed E-state index contributed by atoms with van der Waals surface area (Å²) in [7, 11) is -4.10. The lowest BCUT2D eigenvalue weighted by Gasteiger charge is -2.08. The van der Waals surface area contributed by atoms with E-state index in [1.54, 1.807) is 13.8 Å². The molecule has 1 aromatic heterocycles. The van der Waals surface area contributed by atoms with Crippen LogP contribution in [-0.4, -0.2) is 44.2 Å². The zero-order chi connectivity index (χ0) is 16.6. The molecular formula is C12H22N4O5S. The number of rotatable bonds is 9. The Balaban J connectivity index is 2.88. The van der Waals surface area contributed by atoms with Crippen molar-refractivity contribution in [1.29, 1.82) is 0 Å². The molecule has 0 aliphatic rings. The molecule has 9 nitrogen and oxygen atoms in total. The molecule has 0 radical (unpaired) electrons. The van der Waals surface area contributed by atoms with Gasteiger partial charge in [0, 0.05) is 6.54 Å². The number of amides is 2. The molecule has 1 heterocycles. The molecule has 0 spiro atoms. The maximum absolute atomic E-state index is 12.2. The molecule has 22 heavy (non-hydrogen) atoms. The van der Waals surface area contributed by atoms with Gasteiger partial charge in [-0.1, -0.05) is 18.4 Å². The van der Waals surface area contributed by atoms with Crippen LogP contribution in [0.3, 0.4) is 0 Å². The van der Waals surface area contributed by atoms with Crippen LogP contribution in [-0.2, 0) is 10.0 Å². The third-order valence-corrected chi connectivity index (χ3v) is 3.82. The Hall–Kier alpha value is -1.97. The largest absolute Gasteiger partial charge is 0.476 e. The van der Waals surface area contributed by atoms with Crippen molar-refractivity contribution in [1.82, 2.24) is 20.0 Å². The van der Waals surface area contributed by atoms with E-state index in [1.807, 2.05) is 11.6 Å². The van der Waals surface area contributed by atoms with Gasteiger partial charge in [0.05, 0.1) is 12.8 Å². The molecule has 0 atom stereocenters. The van der Waals surface area contributed by atoms with Gasteiger partial charge in [-0.05, 0) is 20.3 Å². The van der Waals surface area contributed by atoms with E-state index in [9.17, 15) is 13.2 Å². The van der Waals surface area contributed by atoms with Crippen molar-refractivity contribution in [3.8, 4) is 5.88 Å². The van der Waals surface area contributed by atoms with E-state index in [2.05, 4.69) is 10.4 Å². The molecule has 0 saturated heterocycles. The van der Waals surface area contributed by atoms with Crippen LogP contribution in [0.1, 0.15) is 33.6 Å². The Bertz CT molecular complexity index is 584. The Morgan fingerprint density at radius 1 is 1.32 bits per heavy atom. The van der Waals surface area contributed by atoms with Crippen molar-refractivity contribution in [2.45, 2.75) is 38.5 Å². The fraction of sp³-hybridized carbons (Fsp3) is 0.667. The minimum Gasteiger partial charge on any atom is -0.476 e. The average molecular weight is 334 g/mol. The number of unbranched alkanes of at least 4 members (excludes halogenated alkanes) is 1. The fourth-order valence-electron chi connectivity index (χ4n) is 1.53. The topological polar surface area (TPSA) is 112 Å². The van der Waals surface area contributed by atoms with Gasteiger partial charge in [0.1, 0.15) is 6.61 Å². The number of aromatic nitrogens is 2. The first-order valence-electron chi connectivity index (χ1n) is 7.11. The van der Waals surface area contributed by atoms with Crippen molar-refractivity contribution >= 4 is 16.1 Å². The number of nitrogens with one attached hydrogen (secondary N) is 2. The molecule has 0 saturated carbocycles. The quantitative estimate of drug-likeness (QED) is 0.637. The van der Waals surface area contributed by atoms with Crippen LogP contribution in [0.2, 0.25) is 0 Å². The lowest BCUT2D eigenvalue weighted by atomic mass is 10.3. The van der Waals surface area contributed by atoms with Crippen molar-refractivity contribution < 1.29 is 22.8 Å². The standard InChI is InChI=1S/C12H22N4O5S/c1-4-7-8-13-12(17)15-22(18,19)10-9-16(21-6-3)14-11(10)20-5-2/h9H,4-8H2,1-3H3,(H2,13,15,17). The van der Waals surface area contributed by atoms with Gasteiger partial charge in [-0.15, -0.1) is 4.85 Å². The third-order valence-electron chi connectivity index (χ3n) is 2.50. The predicted molar refractivity (Wildman–Crippen MR) is 79.1 cm³/mol. The number of nitrogens with zero attached hydrogens (tertiary/aromatic N) is 2. The monoisotopic (exact) mass is 334 g/mol. The highest BCUT2D eigenvalue weighted by molar-refractivity contribution is 7.90. The molecule has 10 heteroatoms. The molecule has 0 bridgehead atoms. The third kappa shape index (κ3) is 5.10. The Labute approximate surface area is 130 Å². The van der Waals surface area contributed by atoms with E-state index in [1.165, 1.54) is 0 Å². The molecule has 2 N–H and O–H groups in total. The van der Waals surface area contributed by atoms with Crippen LogP contribution in [0.5, 0.6) is 5.88 Å². The minimum atomic E-state index is -4.10. The summed E-state index contributed by atoms with van der Waals surface area (Å²) in [6, 6.07) is -0.792. The highest BCUT2D eigenvalue weighted by Gasteiger charge is 2.26. The normalized spacial score (nSPS) is 11.0. The molecule has 0 aliphatic carbocycles. The maximum Gasteiger partial charge on any atom is 0.328 e. The van der Waals surface area contributed by atoms with Gasteiger partial charge in [-0.2, -0.15) is 0 Å². The molecule has 0 aromatic carbocycles. The first-order chi connectivity index (χ1) is 10.4. The molecule has 1 rings (SSSR count). The second kappa shape index (κ2) is 8.47. The van der Waals surface area contributed by atoms with Crippen molar-refractivity contribution in [2.75, 3.05) is 19.8 Å². The van der Waals surface area contributed by atoms with Crippen LogP contribution < -0.4 is 19.6 Å². The summed E-state index contributed by atoms with van der Waals surface area (Å²) >= 11 is 0. The van der Waals surface area contributed by atoms with Crippen LogP contribution in [0, 0.1) is 0 Å². The van der Waals surface area contributed by atoms with Crippen LogP contribution in [0.15, 0.2) is 11.1 Å². The molecular weight excluding hydrogens is 312 g/mol.